The summed E-state index contributed by atoms with van der Waals surface area (Å²) >= 11 is 0. The van der Waals surface area contributed by atoms with E-state index in [1.165, 1.54) is 0 Å². The molecular weight excluding hydrogens is 254 g/mol. The normalized spacial score (nSPS) is 10.2. The molecule has 0 saturated heterocycles. The summed E-state index contributed by atoms with van der Waals surface area (Å²) in [5.41, 5.74) is 1.99. The van der Waals surface area contributed by atoms with Gasteiger partial charge in [-0.1, -0.05) is 0 Å². The molecular formula is C15H19N3O2. The highest BCUT2D eigenvalue weighted by atomic mass is 16.5. The predicted molar refractivity (Wildman–Crippen MR) is 78.4 cm³/mol. The summed E-state index contributed by atoms with van der Waals surface area (Å²) in [7, 11) is 5.31. The molecule has 0 aliphatic heterocycles. The molecule has 5 nitrogen and oxygen atoms in total. The van der Waals surface area contributed by atoms with E-state index in [2.05, 4.69) is 9.97 Å². The summed E-state index contributed by atoms with van der Waals surface area (Å²) in [5, 5.41) is 0. The van der Waals surface area contributed by atoms with E-state index in [1.54, 1.807) is 20.5 Å². The Hall–Kier alpha value is -2.30. The Morgan fingerprint density at radius 2 is 1.90 bits per heavy atom. The molecule has 0 aliphatic rings. The van der Waals surface area contributed by atoms with Crippen LogP contribution in [-0.2, 0) is 6.54 Å². The van der Waals surface area contributed by atoms with Crippen molar-refractivity contribution >= 4 is 5.82 Å². The van der Waals surface area contributed by atoms with E-state index in [0.29, 0.717) is 6.54 Å². The van der Waals surface area contributed by atoms with Crippen LogP contribution in [0.2, 0.25) is 0 Å². The van der Waals surface area contributed by atoms with Crippen molar-refractivity contribution in [3.8, 4) is 11.5 Å². The minimum Gasteiger partial charge on any atom is -0.497 e. The van der Waals surface area contributed by atoms with Gasteiger partial charge in [-0.2, -0.15) is 0 Å². The molecule has 2 aromatic rings. The fourth-order valence-electron chi connectivity index (χ4n) is 1.99. The summed E-state index contributed by atoms with van der Waals surface area (Å²) in [5.74, 6) is 2.53. The predicted octanol–water partition coefficient (Wildman–Crippen LogP) is 2.44. The van der Waals surface area contributed by atoms with Crippen molar-refractivity contribution in [2.24, 2.45) is 0 Å². The van der Waals surface area contributed by atoms with Crippen molar-refractivity contribution in [1.29, 1.82) is 0 Å². The van der Waals surface area contributed by atoms with Crippen molar-refractivity contribution < 1.29 is 9.47 Å². The number of ether oxygens (including phenoxy) is 2. The van der Waals surface area contributed by atoms with Gasteiger partial charge < -0.3 is 14.4 Å². The molecule has 0 atom stereocenters. The molecule has 1 aromatic carbocycles. The van der Waals surface area contributed by atoms with E-state index in [9.17, 15) is 0 Å². The average molecular weight is 273 g/mol. The molecule has 1 aromatic heterocycles. The molecule has 0 unspecified atom stereocenters. The van der Waals surface area contributed by atoms with Crippen molar-refractivity contribution in [3.63, 3.8) is 0 Å². The van der Waals surface area contributed by atoms with Gasteiger partial charge in [-0.15, -0.1) is 0 Å². The van der Waals surface area contributed by atoms with Gasteiger partial charge in [0.25, 0.3) is 0 Å². The van der Waals surface area contributed by atoms with Crippen LogP contribution in [-0.4, -0.2) is 31.2 Å². The first-order valence-electron chi connectivity index (χ1n) is 6.34. The van der Waals surface area contributed by atoms with Crippen LogP contribution in [0, 0.1) is 6.92 Å². The van der Waals surface area contributed by atoms with Gasteiger partial charge in [-0.3, -0.25) is 0 Å². The zero-order chi connectivity index (χ0) is 14.5. The molecule has 0 spiro atoms. The lowest BCUT2D eigenvalue weighted by molar-refractivity contribution is 0.398. The Balaban J connectivity index is 2.24. The summed E-state index contributed by atoms with van der Waals surface area (Å²) < 4.78 is 10.7. The maximum Gasteiger partial charge on any atom is 0.132 e. The van der Waals surface area contributed by atoms with Gasteiger partial charge in [-0.05, 0) is 25.1 Å². The minimum absolute atomic E-state index is 0.677. The number of rotatable bonds is 5. The number of benzene rings is 1. The standard InChI is InChI=1S/C15H19N3O2/c1-11-7-15(17-10-16-11)18(2)9-12-8-13(19-3)5-6-14(12)20-4/h5-8,10H,9H2,1-4H3. The van der Waals surface area contributed by atoms with Crippen molar-refractivity contribution in [3.05, 3.63) is 41.9 Å². The van der Waals surface area contributed by atoms with Crippen LogP contribution in [0.25, 0.3) is 0 Å². The molecule has 5 heteroatoms. The molecule has 0 aliphatic carbocycles. The highest BCUT2D eigenvalue weighted by Gasteiger charge is 2.10. The number of hydrogen-bond acceptors (Lipinski definition) is 5. The fraction of sp³-hybridized carbons (Fsp3) is 0.333. The molecule has 0 bridgehead atoms. The van der Waals surface area contributed by atoms with Crippen LogP contribution in [0.3, 0.4) is 0 Å². The van der Waals surface area contributed by atoms with Gasteiger partial charge in [0.1, 0.15) is 23.6 Å². The molecule has 106 valence electrons. The van der Waals surface area contributed by atoms with Crippen LogP contribution in [0.1, 0.15) is 11.3 Å². The summed E-state index contributed by atoms with van der Waals surface area (Å²) in [4.78, 5) is 10.4. The second-order valence-corrected chi connectivity index (χ2v) is 4.55. The fourth-order valence-corrected chi connectivity index (χ4v) is 1.99. The van der Waals surface area contributed by atoms with E-state index < -0.39 is 0 Å². The molecule has 0 fully saturated rings. The third-order valence-electron chi connectivity index (χ3n) is 3.08. The average Bonchev–Trinajstić information content (AvgIpc) is 2.47. The number of aryl methyl sites for hydroxylation is 1. The lowest BCUT2D eigenvalue weighted by atomic mass is 10.1. The number of nitrogens with zero attached hydrogens (tertiary/aromatic N) is 3. The van der Waals surface area contributed by atoms with E-state index in [1.807, 2.05) is 43.1 Å². The highest BCUT2D eigenvalue weighted by Crippen LogP contribution is 2.26. The van der Waals surface area contributed by atoms with E-state index in [0.717, 1.165) is 28.6 Å². The van der Waals surface area contributed by atoms with E-state index >= 15 is 0 Å². The Bertz CT molecular complexity index is 587. The smallest absolute Gasteiger partial charge is 0.132 e. The number of anilines is 1. The topological polar surface area (TPSA) is 47.5 Å². The Morgan fingerprint density at radius 1 is 1.10 bits per heavy atom. The third kappa shape index (κ3) is 3.17. The van der Waals surface area contributed by atoms with Crippen molar-refractivity contribution in [2.45, 2.75) is 13.5 Å². The van der Waals surface area contributed by atoms with E-state index in [4.69, 9.17) is 9.47 Å². The largest absolute Gasteiger partial charge is 0.497 e. The summed E-state index contributed by atoms with van der Waals surface area (Å²) in [6, 6.07) is 7.72. The summed E-state index contributed by atoms with van der Waals surface area (Å²) in [6.45, 7) is 2.63. The first kappa shape index (κ1) is 14.1. The Labute approximate surface area is 119 Å². The molecule has 0 amide bonds. The maximum absolute atomic E-state index is 5.39. The number of hydrogen-bond donors (Lipinski definition) is 0. The zero-order valence-electron chi connectivity index (χ0n) is 12.3. The van der Waals surface area contributed by atoms with Crippen molar-refractivity contribution in [1.82, 2.24) is 9.97 Å². The molecule has 1 heterocycles. The van der Waals surface area contributed by atoms with Gasteiger partial charge in [0, 0.05) is 30.9 Å². The van der Waals surface area contributed by atoms with Gasteiger partial charge in [0.05, 0.1) is 14.2 Å². The second-order valence-electron chi connectivity index (χ2n) is 4.55. The zero-order valence-corrected chi connectivity index (χ0v) is 12.3. The quantitative estimate of drug-likeness (QED) is 0.837. The van der Waals surface area contributed by atoms with Gasteiger partial charge >= 0.3 is 0 Å². The molecule has 0 N–H and O–H groups in total. The SMILES string of the molecule is COc1ccc(OC)c(CN(C)c2cc(C)ncn2)c1. The van der Waals surface area contributed by atoms with Gasteiger partial charge in [-0.25, -0.2) is 9.97 Å². The second kappa shape index (κ2) is 6.23. The maximum atomic E-state index is 5.39. The van der Waals surface area contributed by atoms with Gasteiger partial charge in [0.15, 0.2) is 0 Å². The van der Waals surface area contributed by atoms with Crippen LogP contribution in [0.4, 0.5) is 5.82 Å². The van der Waals surface area contributed by atoms with Crippen LogP contribution in [0.15, 0.2) is 30.6 Å². The van der Waals surface area contributed by atoms with Gasteiger partial charge in [0.2, 0.25) is 0 Å². The van der Waals surface area contributed by atoms with Crippen LogP contribution < -0.4 is 14.4 Å². The minimum atomic E-state index is 0.677. The summed E-state index contributed by atoms with van der Waals surface area (Å²) in [6.07, 6.45) is 1.57. The first-order valence-corrected chi connectivity index (χ1v) is 6.34. The number of aromatic nitrogens is 2. The van der Waals surface area contributed by atoms with Crippen molar-refractivity contribution in [2.75, 3.05) is 26.2 Å². The Morgan fingerprint density at radius 3 is 2.55 bits per heavy atom. The molecule has 20 heavy (non-hydrogen) atoms. The lowest BCUT2D eigenvalue weighted by Gasteiger charge is -2.20. The van der Waals surface area contributed by atoms with Crippen LogP contribution in [0.5, 0.6) is 11.5 Å². The first-order chi connectivity index (χ1) is 9.63. The molecule has 2 rings (SSSR count). The molecule has 0 radical (unpaired) electrons. The lowest BCUT2D eigenvalue weighted by Crippen LogP contribution is -2.18. The van der Waals surface area contributed by atoms with Crippen LogP contribution >= 0.6 is 0 Å². The monoisotopic (exact) mass is 273 g/mol. The van der Waals surface area contributed by atoms with E-state index in [-0.39, 0.29) is 0 Å². The Kier molecular flexibility index (Phi) is 4.40. The third-order valence-corrected chi connectivity index (χ3v) is 3.08. The number of methoxy groups -OCH3 is 2. The molecule has 0 saturated carbocycles. The highest BCUT2D eigenvalue weighted by molar-refractivity contribution is 5.45.